The SMILES string of the molecule is C=C[C@]1(C)CC[C@H]2[C@@]3(C)CCC[C@@](C)(C(=O)O)[C@@H]3CC[C@@]2(C)O1. The van der Waals surface area contributed by atoms with Crippen LogP contribution in [0.4, 0.5) is 0 Å². The molecule has 3 aliphatic rings. The highest BCUT2D eigenvalue weighted by Crippen LogP contribution is 2.65. The van der Waals surface area contributed by atoms with E-state index in [1.165, 1.54) is 0 Å². The van der Waals surface area contributed by atoms with E-state index in [2.05, 4.69) is 27.4 Å². The Morgan fingerprint density at radius 2 is 1.74 bits per heavy atom. The second-order valence-corrected chi connectivity index (χ2v) is 9.20. The number of carboxylic acid groups (broad SMARTS) is 1. The maximum Gasteiger partial charge on any atom is 0.309 e. The van der Waals surface area contributed by atoms with Crippen molar-refractivity contribution in [3.8, 4) is 0 Å². The Kier molecular flexibility index (Phi) is 3.76. The quantitative estimate of drug-likeness (QED) is 0.743. The van der Waals surface area contributed by atoms with E-state index in [0.29, 0.717) is 5.92 Å². The fraction of sp³-hybridized carbons (Fsp3) is 0.850. The molecule has 0 amide bonds. The molecule has 0 bridgehead atoms. The molecule has 1 saturated heterocycles. The van der Waals surface area contributed by atoms with Gasteiger partial charge >= 0.3 is 5.97 Å². The molecule has 2 aliphatic carbocycles. The van der Waals surface area contributed by atoms with Gasteiger partial charge in [-0.3, -0.25) is 4.79 Å². The third kappa shape index (κ3) is 2.30. The minimum atomic E-state index is -0.607. The summed E-state index contributed by atoms with van der Waals surface area (Å²) < 4.78 is 6.59. The first-order chi connectivity index (χ1) is 10.6. The molecule has 3 heteroatoms. The molecule has 3 nitrogen and oxygen atoms in total. The van der Waals surface area contributed by atoms with E-state index in [0.717, 1.165) is 44.9 Å². The molecule has 0 aromatic rings. The first kappa shape index (κ1) is 17.0. The molecule has 130 valence electrons. The Bertz CT molecular complexity index is 529. The minimum Gasteiger partial charge on any atom is -0.481 e. The van der Waals surface area contributed by atoms with Crippen LogP contribution in [0.3, 0.4) is 0 Å². The summed E-state index contributed by atoms with van der Waals surface area (Å²) in [5.74, 6) is 0.0986. The van der Waals surface area contributed by atoms with Crippen LogP contribution in [-0.2, 0) is 9.53 Å². The van der Waals surface area contributed by atoms with Crippen molar-refractivity contribution in [1.82, 2.24) is 0 Å². The molecule has 0 spiro atoms. The molecule has 3 fully saturated rings. The van der Waals surface area contributed by atoms with E-state index in [-0.39, 0.29) is 22.5 Å². The summed E-state index contributed by atoms with van der Waals surface area (Å²) in [5.41, 5.74) is -0.892. The van der Waals surface area contributed by atoms with Crippen molar-refractivity contribution >= 4 is 5.97 Å². The predicted molar refractivity (Wildman–Crippen MR) is 91.2 cm³/mol. The van der Waals surface area contributed by atoms with Gasteiger partial charge in [0, 0.05) is 0 Å². The molecule has 2 saturated carbocycles. The van der Waals surface area contributed by atoms with Crippen LogP contribution < -0.4 is 0 Å². The Morgan fingerprint density at radius 1 is 1.09 bits per heavy atom. The Labute approximate surface area is 140 Å². The zero-order chi connectivity index (χ0) is 17.1. The molecule has 0 aromatic carbocycles. The number of ether oxygens (including phenoxy) is 1. The van der Waals surface area contributed by atoms with Crippen LogP contribution in [0, 0.1) is 22.7 Å². The Hall–Kier alpha value is -0.830. The van der Waals surface area contributed by atoms with Gasteiger partial charge in [0.05, 0.1) is 16.6 Å². The lowest BCUT2D eigenvalue weighted by molar-refractivity contribution is -0.254. The van der Waals surface area contributed by atoms with E-state index >= 15 is 0 Å². The number of carbonyl (C=O) groups is 1. The van der Waals surface area contributed by atoms with Crippen LogP contribution in [0.1, 0.15) is 72.6 Å². The number of fused-ring (bicyclic) bond motifs is 3. The maximum absolute atomic E-state index is 12.0. The van der Waals surface area contributed by atoms with Crippen molar-refractivity contribution in [2.45, 2.75) is 83.8 Å². The van der Waals surface area contributed by atoms with E-state index in [1.807, 2.05) is 13.0 Å². The minimum absolute atomic E-state index is 0.0703. The van der Waals surface area contributed by atoms with Gasteiger partial charge in [-0.05, 0) is 76.5 Å². The van der Waals surface area contributed by atoms with Gasteiger partial charge in [0.1, 0.15) is 0 Å². The van der Waals surface area contributed by atoms with Gasteiger partial charge in [-0.1, -0.05) is 19.4 Å². The van der Waals surface area contributed by atoms with Crippen molar-refractivity contribution in [3.05, 3.63) is 12.7 Å². The van der Waals surface area contributed by atoms with Crippen LogP contribution >= 0.6 is 0 Å². The topological polar surface area (TPSA) is 46.5 Å². The third-order valence-corrected chi connectivity index (χ3v) is 7.76. The predicted octanol–water partition coefficient (Wildman–Crippen LogP) is 4.81. The fourth-order valence-corrected chi connectivity index (χ4v) is 6.45. The zero-order valence-electron chi connectivity index (χ0n) is 15.2. The summed E-state index contributed by atoms with van der Waals surface area (Å²) in [6.45, 7) is 12.7. The fourth-order valence-electron chi connectivity index (χ4n) is 6.45. The molecule has 1 aliphatic heterocycles. The van der Waals surface area contributed by atoms with Gasteiger partial charge in [0.25, 0.3) is 0 Å². The summed E-state index contributed by atoms with van der Waals surface area (Å²) in [4.78, 5) is 12.0. The monoisotopic (exact) mass is 320 g/mol. The highest BCUT2D eigenvalue weighted by atomic mass is 16.5. The van der Waals surface area contributed by atoms with Gasteiger partial charge in [0.15, 0.2) is 0 Å². The first-order valence-electron chi connectivity index (χ1n) is 9.17. The Morgan fingerprint density at radius 3 is 2.35 bits per heavy atom. The van der Waals surface area contributed by atoms with E-state index < -0.39 is 11.4 Å². The molecular formula is C20H32O3. The average molecular weight is 320 g/mol. The molecule has 0 radical (unpaired) electrons. The highest BCUT2D eigenvalue weighted by Gasteiger charge is 2.63. The molecule has 0 aromatic heterocycles. The van der Waals surface area contributed by atoms with Crippen LogP contribution in [0.5, 0.6) is 0 Å². The largest absolute Gasteiger partial charge is 0.481 e. The summed E-state index contributed by atoms with van der Waals surface area (Å²) in [7, 11) is 0. The molecule has 1 heterocycles. The number of rotatable bonds is 2. The van der Waals surface area contributed by atoms with Gasteiger partial charge < -0.3 is 9.84 Å². The lowest BCUT2D eigenvalue weighted by atomic mass is 9.44. The zero-order valence-corrected chi connectivity index (χ0v) is 15.2. The summed E-state index contributed by atoms with van der Waals surface area (Å²) in [5, 5.41) is 9.89. The summed E-state index contributed by atoms with van der Waals surface area (Å²) in [6, 6.07) is 0. The normalized spacial score (nSPS) is 53.0. The van der Waals surface area contributed by atoms with Crippen molar-refractivity contribution in [3.63, 3.8) is 0 Å². The van der Waals surface area contributed by atoms with Crippen LogP contribution in [0.25, 0.3) is 0 Å². The highest BCUT2D eigenvalue weighted by molar-refractivity contribution is 5.75. The molecule has 3 rings (SSSR count). The van der Waals surface area contributed by atoms with Crippen LogP contribution in [0.15, 0.2) is 12.7 Å². The molecule has 6 atom stereocenters. The average Bonchev–Trinajstić information content (AvgIpc) is 2.45. The molecule has 1 N–H and O–H groups in total. The third-order valence-electron chi connectivity index (χ3n) is 7.76. The van der Waals surface area contributed by atoms with Gasteiger partial charge in [-0.2, -0.15) is 0 Å². The van der Waals surface area contributed by atoms with Crippen LogP contribution in [0.2, 0.25) is 0 Å². The summed E-state index contributed by atoms with van der Waals surface area (Å²) in [6.07, 6.45) is 8.94. The van der Waals surface area contributed by atoms with E-state index in [1.54, 1.807) is 0 Å². The lowest BCUT2D eigenvalue weighted by Crippen LogP contribution is -2.63. The molecule has 0 unspecified atom stereocenters. The smallest absolute Gasteiger partial charge is 0.309 e. The van der Waals surface area contributed by atoms with Crippen molar-refractivity contribution in [2.75, 3.05) is 0 Å². The standard InChI is InChI=1S/C20H32O3/c1-6-17(2)12-8-15-18(3)10-7-11-19(4,16(21)22)14(18)9-13-20(15,5)23-17/h6,14-15H,1,7-13H2,2-5H3,(H,21,22)/t14-,15+,17-,18+,19-,20-/m1/s1. The van der Waals surface area contributed by atoms with Crippen LogP contribution in [-0.4, -0.2) is 22.3 Å². The van der Waals surface area contributed by atoms with Gasteiger partial charge in [0.2, 0.25) is 0 Å². The first-order valence-corrected chi connectivity index (χ1v) is 9.17. The maximum atomic E-state index is 12.0. The van der Waals surface area contributed by atoms with Gasteiger partial charge in [-0.25, -0.2) is 0 Å². The van der Waals surface area contributed by atoms with Crippen molar-refractivity contribution in [1.29, 1.82) is 0 Å². The molecular weight excluding hydrogens is 288 g/mol. The van der Waals surface area contributed by atoms with Crippen molar-refractivity contribution < 1.29 is 14.6 Å². The second kappa shape index (κ2) is 5.08. The number of hydrogen-bond donors (Lipinski definition) is 1. The molecule has 23 heavy (non-hydrogen) atoms. The van der Waals surface area contributed by atoms with E-state index in [4.69, 9.17) is 4.74 Å². The summed E-state index contributed by atoms with van der Waals surface area (Å²) >= 11 is 0. The lowest BCUT2D eigenvalue weighted by Gasteiger charge is -2.64. The second-order valence-electron chi connectivity index (χ2n) is 9.20. The van der Waals surface area contributed by atoms with Crippen molar-refractivity contribution in [2.24, 2.45) is 22.7 Å². The number of hydrogen-bond acceptors (Lipinski definition) is 2. The number of aliphatic carboxylic acids is 1. The van der Waals surface area contributed by atoms with Gasteiger partial charge in [-0.15, -0.1) is 6.58 Å². The van der Waals surface area contributed by atoms with E-state index in [9.17, 15) is 9.90 Å². The number of carboxylic acids is 1. The Balaban J connectivity index is 1.97.